The Kier molecular flexibility index (Phi) is 4.55. The summed E-state index contributed by atoms with van der Waals surface area (Å²) < 4.78 is 5.55. The van der Waals surface area contributed by atoms with Gasteiger partial charge in [0.05, 0.1) is 11.8 Å². The van der Waals surface area contributed by atoms with Crippen LogP contribution >= 0.6 is 0 Å². The smallest absolute Gasteiger partial charge is 0.250 e. The lowest BCUT2D eigenvalue weighted by molar-refractivity contribution is 0.0978. The number of ether oxygens (including phenoxy) is 1. The third-order valence-corrected chi connectivity index (χ3v) is 2.82. The van der Waals surface area contributed by atoms with Crippen LogP contribution in [0.5, 0.6) is 5.75 Å². The highest BCUT2D eigenvalue weighted by molar-refractivity contribution is 6.18. The highest BCUT2D eigenvalue weighted by Crippen LogP contribution is 2.14. The van der Waals surface area contributed by atoms with Gasteiger partial charge in [-0.25, -0.2) is 0 Å². The van der Waals surface area contributed by atoms with Crippen LogP contribution in [0, 0.1) is 0 Å². The zero-order valence-electron chi connectivity index (χ0n) is 11.5. The number of primary amides is 1. The minimum Gasteiger partial charge on any atom is -0.487 e. The van der Waals surface area contributed by atoms with E-state index in [4.69, 9.17) is 10.5 Å². The van der Waals surface area contributed by atoms with E-state index < -0.39 is 5.91 Å². The van der Waals surface area contributed by atoms with Crippen LogP contribution in [0.25, 0.3) is 0 Å². The highest BCUT2D eigenvalue weighted by atomic mass is 16.5. The van der Waals surface area contributed by atoms with Crippen LogP contribution in [0.3, 0.4) is 0 Å². The molecule has 2 aromatic rings. The highest BCUT2D eigenvalue weighted by Gasteiger charge is 2.05. The van der Waals surface area contributed by atoms with E-state index in [0.29, 0.717) is 11.3 Å². The average molecular weight is 283 g/mol. The van der Waals surface area contributed by atoms with Crippen molar-refractivity contribution < 1.29 is 14.3 Å². The number of amides is 2. The first kappa shape index (κ1) is 14.6. The fraction of sp³-hybridized carbons (Fsp3) is 0.0714. The Morgan fingerprint density at radius 2 is 2.05 bits per heavy atom. The standard InChI is InChI=1S/C14H14BN3O3/c15-18-14(20)10-3-1-2-9(4-10)8-21-12-5-11(13(16)19)6-17-7-12/h1-7H,8,15H2,(H2,16,19)(H,18,20). The van der Waals surface area contributed by atoms with Crippen molar-refractivity contribution in [2.75, 3.05) is 0 Å². The van der Waals surface area contributed by atoms with E-state index in [2.05, 4.69) is 10.2 Å². The number of carbonyl (C=O) groups excluding carboxylic acids is 2. The Morgan fingerprint density at radius 3 is 2.76 bits per heavy atom. The first-order chi connectivity index (χ1) is 10.1. The molecule has 0 unspecified atom stereocenters. The van der Waals surface area contributed by atoms with Gasteiger partial charge in [0.25, 0.3) is 0 Å². The van der Waals surface area contributed by atoms with Crippen LogP contribution in [0.15, 0.2) is 42.7 Å². The van der Waals surface area contributed by atoms with Crippen molar-refractivity contribution in [3.63, 3.8) is 0 Å². The summed E-state index contributed by atoms with van der Waals surface area (Å²) >= 11 is 0. The van der Waals surface area contributed by atoms with E-state index in [-0.39, 0.29) is 18.1 Å². The topological polar surface area (TPSA) is 94.3 Å². The van der Waals surface area contributed by atoms with E-state index in [0.717, 1.165) is 5.56 Å². The molecule has 7 heteroatoms. The number of hydrogen-bond donors (Lipinski definition) is 2. The van der Waals surface area contributed by atoms with Crippen LogP contribution < -0.4 is 15.7 Å². The van der Waals surface area contributed by atoms with Gasteiger partial charge in [0.1, 0.15) is 12.4 Å². The van der Waals surface area contributed by atoms with Gasteiger partial charge in [-0.05, 0) is 23.8 Å². The van der Waals surface area contributed by atoms with Gasteiger partial charge in [-0.1, -0.05) is 12.1 Å². The summed E-state index contributed by atoms with van der Waals surface area (Å²) in [7, 11) is 1.58. The number of aromatic nitrogens is 1. The number of nitrogens with one attached hydrogen (secondary N) is 1. The molecule has 1 aromatic carbocycles. The van der Waals surface area contributed by atoms with Crippen LogP contribution in [0.1, 0.15) is 26.3 Å². The van der Waals surface area contributed by atoms with E-state index in [9.17, 15) is 9.59 Å². The van der Waals surface area contributed by atoms with Gasteiger partial charge in [-0.15, -0.1) is 0 Å². The second-order valence-corrected chi connectivity index (χ2v) is 4.34. The maximum atomic E-state index is 11.5. The Hall–Kier alpha value is -2.83. The second kappa shape index (κ2) is 6.56. The Bertz CT molecular complexity index is 676. The van der Waals surface area contributed by atoms with Gasteiger partial charge in [-0.2, -0.15) is 0 Å². The fourth-order valence-corrected chi connectivity index (χ4v) is 1.75. The number of nitrogens with two attached hydrogens (primary N) is 1. The molecule has 0 bridgehead atoms. The van der Waals surface area contributed by atoms with Crippen molar-refractivity contribution >= 4 is 19.8 Å². The third kappa shape index (κ3) is 3.82. The minimum atomic E-state index is -0.561. The molecule has 0 atom stereocenters. The van der Waals surface area contributed by atoms with E-state index >= 15 is 0 Å². The predicted octanol–water partition coefficient (Wildman–Crippen LogP) is 0.0374. The van der Waals surface area contributed by atoms with Crippen molar-refractivity contribution in [1.29, 1.82) is 0 Å². The van der Waals surface area contributed by atoms with Crippen LogP contribution in [-0.2, 0) is 6.61 Å². The molecule has 0 saturated carbocycles. The lowest BCUT2D eigenvalue weighted by atomic mass is 10.1. The molecular formula is C14H14BN3O3. The zero-order valence-corrected chi connectivity index (χ0v) is 11.5. The van der Waals surface area contributed by atoms with E-state index in [1.807, 2.05) is 6.07 Å². The van der Waals surface area contributed by atoms with Gasteiger partial charge in [0.2, 0.25) is 19.8 Å². The monoisotopic (exact) mass is 283 g/mol. The van der Waals surface area contributed by atoms with Gasteiger partial charge in [-0.3, -0.25) is 14.6 Å². The van der Waals surface area contributed by atoms with Gasteiger partial charge >= 0.3 is 0 Å². The van der Waals surface area contributed by atoms with Crippen molar-refractivity contribution in [3.8, 4) is 5.75 Å². The number of nitrogens with zero attached hydrogens (tertiary/aromatic N) is 1. The number of benzene rings is 1. The molecule has 0 saturated heterocycles. The number of rotatable bonds is 5. The molecule has 0 radical (unpaired) electrons. The van der Waals surface area contributed by atoms with Crippen LogP contribution in [-0.4, -0.2) is 24.8 Å². The Balaban J connectivity index is 2.08. The normalized spacial score (nSPS) is 9.90. The second-order valence-electron chi connectivity index (χ2n) is 4.34. The molecule has 1 heterocycles. The lowest BCUT2D eigenvalue weighted by Crippen LogP contribution is -2.19. The quantitative estimate of drug-likeness (QED) is 0.757. The van der Waals surface area contributed by atoms with Crippen molar-refractivity contribution in [2.45, 2.75) is 6.61 Å². The molecule has 3 N–H and O–H groups in total. The lowest BCUT2D eigenvalue weighted by Gasteiger charge is -2.08. The molecule has 1 aromatic heterocycles. The molecule has 0 aliphatic heterocycles. The van der Waals surface area contributed by atoms with Gasteiger partial charge in [0, 0.05) is 11.8 Å². The number of hydrogen-bond acceptors (Lipinski definition) is 4. The van der Waals surface area contributed by atoms with Gasteiger partial charge < -0.3 is 15.7 Å². The summed E-state index contributed by atoms with van der Waals surface area (Å²) in [6.45, 7) is 0.259. The molecule has 0 fully saturated rings. The summed E-state index contributed by atoms with van der Waals surface area (Å²) in [5, 5.41) is 2.56. The zero-order chi connectivity index (χ0) is 15.2. The first-order valence-corrected chi connectivity index (χ1v) is 6.29. The molecule has 2 amide bonds. The molecule has 106 valence electrons. The first-order valence-electron chi connectivity index (χ1n) is 6.29. The molecular weight excluding hydrogens is 269 g/mol. The average Bonchev–Trinajstić information content (AvgIpc) is 2.52. The molecule has 0 aliphatic rings. The maximum absolute atomic E-state index is 11.5. The van der Waals surface area contributed by atoms with Crippen molar-refractivity contribution in [3.05, 3.63) is 59.4 Å². The van der Waals surface area contributed by atoms with Gasteiger partial charge in [0.15, 0.2) is 0 Å². The Morgan fingerprint density at radius 1 is 1.24 bits per heavy atom. The summed E-state index contributed by atoms with van der Waals surface area (Å²) in [5.74, 6) is -0.277. The summed E-state index contributed by atoms with van der Waals surface area (Å²) in [5.41, 5.74) is 6.86. The minimum absolute atomic E-state index is 0.158. The summed E-state index contributed by atoms with van der Waals surface area (Å²) in [4.78, 5) is 26.5. The SMILES string of the molecule is BNC(=O)c1cccc(COc2cncc(C(N)=O)c2)c1. The molecule has 0 aliphatic carbocycles. The molecule has 0 spiro atoms. The number of carbonyl (C=O) groups is 2. The largest absolute Gasteiger partial charge is 0.487 e. The predicted molar refractivity (Wildman–Crippen MR) is 79.5 cm³/mol. The summed E-state index contributed by atoms with van der Waals surface area (Å²) in [6, 6.07) is 8.61. The van der Waals surface area contributed by atoms with Crippen LogP contribution in [0.4, 0.5) is 0 Å². The third-order valence-electron chi connectivity index (χ3n) is 2.82. The van der Waals surface area contributed by atoms with Crippen LogP contribution in [0.2, 0.25) is 0 Å². The van der Waals surface area contributed by atoms with E-state index in [1.54, 1.807) is 26.2 Å². The fourth-order valence-electron chi connectivity index (χ4n) is 1.75. The maximum Gasteiger partial charge on any atom is 0.250 e. The summed E-state index contributed by atoms with van der Waals surface area (Å²) in [6.07, 6.45) is 2.87. The van der Waals surface area contributed by atoms with Crippen molar-refractivity contribution in [2.24, 2.45) is 5.73 Å². The van der Waals surface area contributed by atoms with Crippen molar-refractivity contribution in [1.82, 2.24) is 10.2 Å². The molecule has 2 rings (SSSR count). The molecule has 6 nitrogen and oxygen atoms in total. The van der Waals surface area contributed by atoms with E-state index in [1.165, 1.54) is 18.5 Å². The number of pyridine rings is 1. The molecule has 21 heavy (non-hydrogen) atoms. The Labute approximate surface area is 122 Å².